The molecule has 0 radical (unpaired) electrons. The Morgan fingerprint density at radius 3 is 2.38 bits per heavy atom. The van der Waals surface area contributed by atoms with Crippen molar-refractivity contribution in [2.45, 2.75) is 6.17 Å². The zero-order valence-electron chi connectivity index (χ0n) is 18.2. The van der Waals surface area contributed by atoms with Crippen LogP contribution in [0.5, 0.6) is 0 Å². The molecular formula is C26H29N5O. The van der Waals surface area contributed by atoms with Crippen LogP contribution < -0.4 is 20.9 Å². The van der Waals surface area contributed by atoms with Gasteiger partial charge in [0.25, 0.3) is 5.91 Å². The number of nitrogens with one attached hydrogen (secondary N) is 1. The molecule has 3 aromatic rings. The minimum absolute atomic E-state index is 0.0410. The van der Waals surface area contributed by atoms with E-state index in [4.69, 9.17) is 5.73 Å². The van der Waals surface area contributed by atoms with E-state index in [0.29, 0.717) is 5.69 Å². The molecule has 1 unspecified atom stereocenters. The molecule has 0 aliphatic carbocycles. The van der Waals surface area contributed by atoms with Gasteiger partial charge in [-0.05, 0) is 42.0 Å². The second-order valence-corrected chi connectivity index (χ2v) is 8.42. The van der Waals surface area contributed by atoms with Crippen molar-refractivity contribution in [2.24, 2.45) is 0 Å². The van der Waals surface area contributed by atoms with Crippen LogP contribution in [-0.4, -0.2) is 50.1 Å². The fourth-order valence-electron chi connectivity index (χ4n) is 4.69. The number of para-hydroxylation sites is 2. The minimum Gasteiger partial charge on any atom is -0.399 e. The third kappa shape index (κ3) is 4.14. The average molecular weight is 428 g/mol. The van der Waals surface area contributed by atoms with Gasteiger partial charge in [-0.1, -0.05) is 42.5 Å². The summed E-state index contributed by atoms with van der Waals surface area (Å²) in [6, 6.07) is 26.3. The summed E-state index contributed by atoms with van der Waals surface area (Å²) in [5.74, 6) is -0.0410. The van der Waals surface area contributed by atoms with E-state index in [-0.39, 0.29) is 12.1 Å². The number of hydrogen-bond donors (Lipinski definition) is 2. The van der Waals surface area contributed by atoms with Crippen molar-refractivity contribution in [1.29, 1.82) is 0 Å². The van der Waals surface area contributed by atoms with Crippen LogP contribution in [0.4, 0.5) is 17.1 Å². The predicted molar refractivity (Wildman–Crippen MR) is 130 cm³/mol. The molecule has 1 amide bonds. The molecule has 164 valence electrons. The van der Waals surface area contributed by atoms with Gasteiger partial charge in [-0.3, -0.25) is 9.69 Å². The normalized spacial score (nSPS) is 18.9. The third-order valence-corrected chi connectivity index (χ3v) is 6.41. The van der Waals surface area contributed by atoms with Crippen LogP contribution in [0.2, 0.25) is 0 Å². The van der Waals surface area contributed by atoms with Gasteiger partial charge >= 0.3 is 0 Å². The molecular weight excluding hydrogens is 398 g/mol. The van der Waals surface area contributed by atoms with Crippen molar-refractivity contribution >= 4 is 23.0 Å². The summed E-state index contributed by atoms with van der Waals surface area (Å²) < 4.78 is 0. The molecule has 6 nitrogen and oxygen atoms in total. The van der Waals surface area contributed by atoms with Crippen LogP contribution in [-0.2, 0) is 0 Å². The van der Waals surface area contributed by atoms with Crippen molar-refractivity contribution < 1.29 is 4.79 Å². The maximum atomic E-state index is 12.8. The summed E-state index contributed by atoms with van der Waals surface area (Å²) in [6.07, 6.45) is -0.230. The standard InChI is InChI=1S/C26H29N5O/c27-21-8-6-7-20(19-21)25-28-26(32)23-11-4-5-12-24(23)31(25)18-15-29-13-16-30(17-14-29)22-9-2-1-3-10-22/h1-12,19,25H,13-18,27H2,(H,28,32). The molecule has 1 atom stereocenters. The highest BCUT2D eigenvalue weighted by Crippen LogP contribution is 2.33. The number of nitrogens with zero attached hydrogens (tertiary/aromatic N) is 3. The van der Waals surface area contributed by atoms with Gasteiger partial charge in [-0.2, -0.15) is 0 Å². The number of hydrogen-bond acceptors (Lipinski definition) is 5. The Morgan fingerprint density at radius 1 is 0.844 bits per heavy atom. The molecule has 0 saturated carbocycles. The smallest absolute Gasteiger partial charge is 0.255 e. The quantitative estimate of drug-likeness (QED) is 0.612. The van der Waals surface area contributed by atoms with Gasteiger partial charge in [-0.15, -0.1) is 0 Å². The van der Waals surface area contributed by atoms with Crippen LogP contribution in [0.25, 0.3) is 0 Å². The monoisotopic (exact) mass is 427 g/mol. The number of nitrogens with two attached hydrogens (primary N) is 1. The molecule has 2 heterocycles. The van der Waals surface area contributed by atoms with Crippen LogP contribution in [0.1, 0.15) is 22.1 Å². The van der Waals surface area contributed by atoms with E-state index >= 15 is 0 Å². The van der Waals surface area contributed by atoms with Crippen LogP contribution in [0, 0.1) is 0 Å². The zero-order valence-corrected chi connectivity index (χ0v) is 18.2. The fourth-order valence-corrected chi connectivity index (χ4v) is 4.69. The lowest BCUT2D eigenvalue weighted by atomic mass is 10.0. The maximum Gasteiger partial charge on any atom is 0.255 e. The van der Waals surface area contributed by atoms with Gasteiger partial charge < -0.3 is 20.9 Å². The van der Waals surface area contributed by atoms with Gasteiger partial charge in [0.05, 0.1) is 11.3 Å². The molecule has 2 aliphatic heterocycles. The van der Waals surface area contributed by atoms with E-state index in [1.165, 1.54) is 5.69 Å². The van der Waals surface area contributed by atoms with E-state index < -0.39 is 0 Å². The van der Waals surface area contributed by atoms with Crippen LogP contribution in [0.15, 0.2) is 78.9 Å². The third-order valence-electron chi connectivity index (χ3n) is 6.41. The molecule has 0 spiro atoms. The van der Waals surface area contributed by atoms with E-state index in [0.717, 1.165) is 56.1 Å². The number of fused-ring (bicyclic) bond motifs is 1. The number of nitrogen functional groups attached to an aromatic ring is 1. The summed E-state index contributed by atoms with van der Waals surface area (Å²) in [5, 5.41) is 3.19. The first-order valence-corrected chi connectivity index (χ1v) is 11.2. The van der Waals surface area contributed by atoms with Crippen molar-refractivity contribution in [1.82, 2.24) is 10.2 Å². The first-order chi connectivity index (χ1) is 15.7. The lowest BCUT2D eigenvalue weighted by Gasteiger charge is -2.41. The Bertz CT molecular complexity index is 1080. The van der Waals surface area contributed by atoms with Gasteiger partial charge in [0.1, 0.15) is 6.17 Å². The molecule has 1 fully saturated rings. The Kier molecular flexibility index (Phi) is 5.69. The van der Waals surface area contributed by atoms with E-state index in [2.05, 4.69) is 50.3 Å². The van der Waals surface area contributed by atoms with Gasteiger partial charge in [-0.25, -0.2) is 0 Å². The van der Waals surface area contributed by atoms with Crippen LogP contribution in [0.3, 0.4) is 0 Å². The van der Waals surface area contributed by atoms with E-state index in [1.807, 2.05) is 48.5 Å². The number of piperazine rings is 1. The van der Waals surface area contributed by atoms with Crippen LogP contribution >= 0.6 is 0 Å². The second kappa shape index (κ2) is 8.93. The lowest BCUT2D eigenvalue weighted by Crippen LogP contribution is -2.52. The summed E-state index contributed by atoms with van der Waals surface area (Å²) >= 11 is 0. The first kappa shape index (κ1) is 20.4. The van der Waals surface area contributed by atoms with Crippen molar-refractivity contribution in [3.63, 3.8) is 0 Å². The Hall–Kier alpha value is -3.51. The molecule has 0 bridgehead atoms. The molecule has 2 aliphatic rings. The van der Waals surface area contributed by atoms with Gasteiger partial charge in [0.2, 0.25) is 0 Å². The van der Waals surface area contributed by atoms with Crippen molar-refractivity contribution in [2.75, 3.05) is 54.8 Å². The SMILES string of the molecule is Nc1cccc(C2NC(=O)c3ccccc3N2CCN2CCN(c3ccccc3)CC2)c1. The molecule has 6 heteroatoms. The molecule has 3 N–H and O–H groups in total. The molecule has 0 aromatic heterocycles. The topological polar surface area (TPSA) is 64.8 Å². The summed E-state index contributed by atoms with van der Waals surface area (Å²) in [5.41, 5.74) is 10.7. The van der Waals surface area contributed by atoms with Crippen molar-refractivity contribution in [3.8, 4) is 0 Å². The lowest BCUT2D eigenvalue weighted by molar-refractivity contribution is 0.0925. The minimum atomic E-state index is -0.230. The number of anilines is 3. The zero-order chi connectivity index (χ0) is 21.9. The number of benzene rings is 3. The molecule has 3 aromatic carbocycles. The van der Waals surface area contributed by atoms with Gasteiger partial charge in [0, 0.05) is 50.6 Å². The summed E-state index contributed by atoms with van der Waals surface area (Å²) in [6.45, 7) is 5.86. The Labute approximate surface area is 189 Å². The number of carbonyl (C=O) groups excluding carboxylic acids is 1. The Balaban J connectivity index is 1.31. The van der Waals surface area contributed by atoms with E-state index in [1.54, 1.807) is 0 Å². The number of carbonyl (C=O) groups is 1. The number of rotatable bonds is 5. The fraction of sp³-hybridized carbons (Fsp3) is 0.269. The molecule has 32 heavy (non-hydrogen) atoms. The first-order valence-electron chi connectivity index (χ1n) is 11.2. The summed E-state index contributed by atoms with van der Waals surface area (Å²) in [4.78, 5) is 20.0. The van der Waals surface area contributed by atoms with Crippen molar-refractivity contribution in [3.05, 3.63) is 90.0 Å². The van der Waals surface area contributed by atoms with Gasteiger partial charge in [0.15, 0.2) is 0 Å². The molecule has 1 saturated heterocycles. The second-order valence-electron chi connectivity index (χ2n) is 8.42. The predicted octanol–water partition coefficient (Wildman–Crippen LogP) is 3.34. The largest absolute Gasteiger partial charge is 0.399 e. The Morgan fingerprint density at radius 2 is 1.59 bits per heavy atom. The molecule has 5 rings (SSSR count). The van der Waals surface area contributed by atoms with E-state index in [9.17, 15) is 4.79 Å². The maximum absolute atomic E-state index is 12.8. The highest BCUT2D eigenvalue weighted by atomic mass is 16.2. The summed E-state index contributed by atoms with van der Waals surface area (Å²) in [7, 11) is 0. The average Bonchev–Trinajstić information content (AvgIpc) is 2.84. The highest BCUT2D eigenvalue weighted by Gasteiger charge is 2.32. The highest BCUT2D eigenvalue weighted by molar-refractivity contribution is 6.02. The number of amides is 1.